The van der Waals surface area contributed by atoms with E-state index in [-0.39, 0.29) is 17.2 Å². The second-order valence-corrected chi connectivity index (χ2v) is 11.8. The van der Waals surface area contributed by atoms with E-state index in [2.05, 4.69) is 0 Å². The fourth-order valence-corrected chi connectivity index (χ4v) is 4.22. The van der Waals surface area contributed by atoms with Crippen LogP contribution in [0.2, 0.25) is 0 Å². The molecule has 7 nitrogen and oxygen atoms in total. The minimum atomic E-state index is -3.52. The van der Waals surface area contributed by atoms with Crippen molar-refractivity contribution in [3.63, 3.8) is 0 Å². The van der Waals surface area contributed by atoms with Gasteiger partial charge in [0.2, 0.25) is 0 Å². The van der Waals surface area contributed by atoms with Crippen molar-refractivity contribution >= 4 is 28.5 Å². The zero-order valence-corrected chi connectivity index (χ0v) is 20.1. The van der Waals surface area contributed by atoms with Crippen LogP contribution in [0.1, 0.15) is 54.9 Å². The van der Waals surface area contributed by atoms with Crippen molar-refractivity contribution in [2.75, 3.05) is 19.3 Å². The van der Waals surface area contributed by atoms with Crippen LogP contribution in [0.3, 0.4) is 0 Å². The summed E-state index contributed by atoms with van der Waals surface area (Å²) in [4.78, 5) is 13.6. The van der Waals surface area contributed by atoms with Gasteiger partial charge in [-0.15, -0.1) is 0 Å². The van der Waals surface area contributed by atoms with E-state index < -0.39 is 39.9 Å². The first-order chi connectivity index (χ1) is 13.5. The Morgan fingerprint density at radius 3 is 2.23 bits per heavy atom. The van der Waals surface area contributed by atoms with E-state index in [1.54, 1.807) is 52.1 Å². The number of hydrogen-bond donors (Lipinski definition) is 0. The lowest BCUT2D eigenvalue weighted by Crippen LogP contribution is -2.41. The molecule has 0 radical (unpaired) electrons. The highest BCUT2D eigenvalue weighted by molar-refractivity contribution is 7.91. The van der Waals surface area contributed by atoms with Gasteiger partial charge in [-0.3, -0.25) is 0 Å². The average Bonchev–Trinajstić information content (AvgIpc) is 2.81. The number of sulfone groups is 1. The smallest absolute Gasteiger partial charge is 0.444 e. The highest BCUT2D eigenvalue weighted by Gasteiger charge is 2.51. The molecule has 9 heteroatoms. The summed E-state index contributed by atoms with van der Waals surface area (Å²) in [5.74, 6) is -0.0764. The molecule has 2 rings (SSSR count). The number of nitrogens with zero attached hydrogens (tertiary/aromatic N) is 1. The molecule has 0 atom stereocenters. The quantitative estimate of drug-likeness (QED) is 0.634. The van der Waals surface area contributed by atoms with E-state index in [0.717, 1.165) is 0 Å². The molecule has 0 N–H and O–H groups in total. The van der Waals surface area contributed by atoms with E-state index in [1.807, 2.05) is 27.7 Å². The predicted octanol–water partition coefficient (Wildman–Crippen LogP) is 3.02. The second-order valence-electron chi connectivity index (χ2n) is 9.74. The fourth-order valence-electron chi connectivity index (χ4n) is 2.87. The summed E-state index contributed by atoms with van der Waals surface area (Å²) in [7, 11) is -2.54. The molecule has 0 bridgehead atoms. The van der Waals surface area contributed by atoms with Crippen molar-refractivity contribution in [3.8, 4) is 0 Å². The standard InChI is InChI=1S/C21H34BNO6S/c1-19(2,3)27-18(24)23(8)13-10-14-30(25,26)17-12-9-11-16(15-17)22-28-20(4,5)21(6,7)29-22/h9,11-12,15H,10,13-14H2,1-8H3. The maximum atomic E-state index is 12.8. The zero-order valence-electron chi connectivity index (χ0n) is 19.3. The molecule has 0 saturated carbocycles. The van der Waals surface area contributed by atoms with Crippen molar-refractivity contribution in [1.29, 1.82) is 0 Å². The first-order valence-electron chi connectivity index (χ1n) is 10.2. The number of carbonyl (C=O) groups excluding carboxylic acids is 1. The van der Waals surface area contributed by atoms with E-state index in [0.29, 0.717) is 11.9 Å². The van der Waals surface area contributed by atoms with E-state index in [9.17, 15) is 13.2 Å². The fraction of sp³-hybridized carbons (Fsp3) is 0.667. The summed E-state index contributed by atoms with van der Waals surface area (Å²) < 4.78 is 43.0. The monoisotopic (exact) mass is 439 g/mol. The second kappa shape index (κ2) is 8.51. The Bertz CT molecular complexity index is 860. The van der Waals surface area contributed by atoms with Gasteiger partial charge in [-0.05, 0) is 72.5 Å². The Labute approximate surface area is 181 Å². The summed E-state index contributed by atoms with van der Waals surface area (Å²) in [6, 6.07) is 6.67. The number of hydrogen-bond acceptors (Lipinski definition) is 6. The molecule has 1 amide bonds. The van der Waals surface area contributed by atoms with Gasteiger partial charge in [0.05, 0.1) is 21.9 Å². The van der Waals surface area contributed by atoms with Crippen molar-refractivity contribution in [2.45, 2.75) is 76.6 Å². The maximum absolute atomic E-state index is 12.8. The third-order valence-electron chi connectivity index (χ3n) is 5.35. The van der Waals surface area contributed by atoms with Gasteiger partial charge in [-0.2, -0.15) is 0 Å². The number of rotatable bonds is 6. The van der Waals surface area contributed by atoms with Crippen LogP contribution in [0.4, 0.5) is 4.79 Å². The number of ether oxygens (including phenoxy) is 1. The van der Waals surface area contributed by atoms with Crippen LogP contribution in [-0.2, 0) is 23.9 Å². The van der Waals surface area contributed by atoms with Gasteiger partial charge < -0.3 is 18.9 Å². The molecule has 1 aliphatic rings. The molecule has 1 heterocycles. The molecule has 1 aromatic rings. The number of amides is 1. The third-order valence-corrected chi connectivity index (χ3v) is 7.15. The van der Waals surface area contributed by atoms with Crippen molar-refractivity contribution in [2.24, 2.45) is 0 Å². The SMILES string of the molecule is CN(CCCS(=O)(=O)c1cccc(B2OC(C)(C)C(C)(C)O2)c1)C(=O)OC(C)(C)C. The van der Waals surface area contributed by atoms with Gasteiger partial charge in [-0.25, -0.2) is 13.2 Å². The number of carbonyl (C=O) groups is 1. The van der Waals surface area contributed by atoms with Gasteiger partial charge in [0.25, 0.3) is 0 Å². The summed E-state index contributed by atoms with van der Waals surface area (Å²) >= 11 is 0. The van der Waals surface area contributed by atoms with Crippen LogP contribution in [0, 0.1) is 0 Å². The Hall–Kier alpha value is -1.58. The number of benzene rings is 1. The lowest BCUT2D eigenvalue weighted by molar-refractivity contribution is 0.00578. The largest absolute Gasteiger partial charge is 0.494 e. The van der Waals surface area contributed by atoms with Crippen molar-refractivity contribution in [1.82, 2.24) is 4.90 Å². The summed E-state index contributed by atoms with van der Waals surface area (Å²) in [5, 5.41) is 0. The normalized spacial score (nSPS) is 18.3. The Morgan fingerprint density at radius 1 is 1.13 bits per heavy atom. The lowest BCUT2D eigenvalue weighted by Gasteiger charge is -2.32. The Morgan fingerprint density at radius 2 is 1.70 bits per heavy atom. The Balaban J connectivity index is 2.02. The molecule has 1 saturated heterocycles. The van der Waals surface area contributed by atoms with E-state index in [4.69, 9.17) is 14.0 Å². The van der Waals surface area contributed by atoms with Gasteiger partial charge in [0.15, 0.2) is 9.84 Å². The van der Waals surface area contributed by atoms with Crippen LogP contribution in [-0.4, -0.2) is 62.7 Å². The molecule has 30 heavy (non-hydrogen) atoms. The molecule has 0 aromatic heterocycles. The predicted molar refractivity (Wildman–Crippen MR) is 118 cm³/mol. The molecule has 168 valence electrons. The molecule has 0 aliphatic carbocycles. The van der Waals surface area contributed by atoms with Crippen LogP contribution >= 0.6 is 0 Å². The topological polar surface area (TPSA) is 82.1 Å². The lowest BCUT2D eigenvalue weighted by atomic mass is 9.79. The van der Waals surface area contributed by atoms with Crippen molar-refractivity contribution in [3.05, 3.63) is 24.3 Å². The molecule has 1 aliphatic heterocycles. The van der Waals surface area contributed by atoms with Gasteiger partial charge in [0.1, 0.15) is 5.60 Å². The molecule has 0 spiro atoms. The summed E-state index contributed by atoms with van der Waals surface area (Å²) in [5.41, 5.74) is -0.927. The van der Waals surface area contributed by atoms with Gasteiger partial charge >= 0.3 is 13.2 Å². The summed E-state index contributed by atoms with van der Waals surface area (Å²) in [6.45, 7) is 13.5. The van der Waals surface area contributed by atoms with Crippen molar-refractivity contribution < 1.29 is 27.3 Å². The van der Waals surface area contributed by atoms with E-state index in [1.165, 1.54) is 4.90 Å². The minimum Gasteiger partial charge on any atom is -0.444 e. The zero-order chi connectivity index (χ0) is 23.0. The molecule has 1 fully saturated rings. The van der Waals surface area contributed by atoms with Crippen LogP contribution in [0.5, 0.6) is 0 Å². The third kappa shape index (κ3) is 5.98. The highest BCUT2D eigenvalue weighted by atomic mass is 32.2. The Kier molecular flexibility index (Phi) is 7.01. The van der Waals surface area contributed by atoms with Crippen LogP contribution < -0.4 is 5.46 Å². The molecular weight excluding hydrogens is 405 g/mol. The maximum Gasteiger partial charge on any atom is 0.494 e. The van der Waals surface area contributed by atoms with Crippen LogP contribution in [0.25, 0.3) is 0 Å². The average molecular weight is 439 g/mol. The highest BCUT2D eigenvalue weighted by Crippen LogP contribution is 2.36. The van der Waals surface area contributed by atoms with Gasteiger partial charge in [-0.1, -0.05) is 12.1 Å². The van der Waals surface area contributed by atoms with E-state index >= 15 is 0 Å². The van der Waals surface area contributed by atoms with Crippen LogP contribution in [0.15, 0.2) is 29.2 Å². The minimum absolute atomic E-state index is 0.0764. The summed E-state index contributed by atoms with van der Waals surface area (Å²) in [6.07, 6.45) is -0.165. The molecule has 1 aromatic carbocycles. The van der Waals surface area contributed by atoms with Gasteiger partial charge in [0, 0.05) is 13.6 Å². The molecule has 0 unspecified atom stereocenters. The first-order valence-corrected chi connectivity index (χ1v) is 11.8. The first kappa shape index (κ1) is 24.7. The molecular formula is C21H34BNO6S.